The smallest absolute Gasteiger partial charge is 0.179 e. The number of hydrogen-bond acceptors (Lipinski definition) is 3. The summed E-state index contributed by atoms with van der Waals surface area (Å²) < 4.78 is 25.8. The topological polar surface area (TPSA) is 37.4 Å². The quantitative estimate of drug-likeness (QED) is 0.797. The van der Waals surface area contributed by atoms with Gasteiger partial charge in [-0.15, -0.1) is 0 Å². The van der Waals surface area contributed by atoms with E-state index in [1.54, 1.807) is 12.1 Å². The molecule has 3 nitrogen and oxygen atoms in total. The van der Waals surface area contributed by atoms with Gasteiger partial charge in [-0.2, -0.15) is 0 Å². The molecule has 1 fully saturated rings. The van der Waals surface area contributed by atoms with Gasteiger partial charge in [-0.25, -0.2) is 8.42 Å². The molecule has 0 spiro atoms. The van der Waals surface area contributed by atoms with Gasteiger partial charge < -0.3 is 0 Å². The molecule has 1 aliphatic heterocycles. The zero-order valence-electron chi connectivity index (χ0n) is 15.1. The molecule has 0 unspecified atom stereocenters. The van der Waals surface area contributed by atoms with Crippen molar-refractivity contribution in [2.45, 2.75) is 50.1 Å². The van der Waals surface area contributed by atoms with Gasteiger partial charge in [0.1, 0.15) is 0 Å². The van der Waals surface area contributed by atoms with Crippen LogP contribution in [0.3, 0.4) is 0 Å². The third kappa shape index (κ3) is 4.31. The van der Waals surface area contributed by atoms with Crippen molar-refractivity contribution in [3.05, 3.63) is 65.7 Å². The molecule has 0 aliphatic carbocycles. The standard InChI is InChI=1S/C21H27NO2S/c1-17-11-13-21(14-12-17)25(23,24)16-20-10-6-7-15-22(20)18(2)19-8-4-3-5-9-19/h3-5,8-9,11-14,18,20H,6-7,10,15-16H2,1-2H3/t18-,20+/m1/s1. The Hall–Kier alpha value is -1.65. The molecule has 1 heterocycles. The van der Waals surface area contributed by atoms with Crippen LogP contribution in [0.15, 0.2) is 59.5 Å². The lowest BCUT2D eigenvalue weighted by Crippen LogP contribution is -2.44. The van der Waals surface area contributed by atoms with E-state index < -0.39 is 9.84 Å². The number of nitrogens with zero attached hydrogens (tertiary/aromatic N) is 1. The fraction of sp³-hybridized carbons (Fsp3) is 0.429. The SMILES string of the molecule is Cc1ccc(S(=O)(=O)C[C@@H]2CCCCN2[C@H](C)c2ccccc2)cc1. The van der Waals surface area contributed by atoms with Gasteiger partial charge in [0.05, 0.1) is 10.6 Å². The summed E-state index contributed by atoms with van der Waals surface area (Å²) in [6.07, 6.45) is 3.19. The van der Waals surface area contributed by atoms with E-state index in [0.717, 1.165) is 31.4 Å². The molecule has 1 saturated heterocycles. The van der Waals surface area contributed by atoms with Crippen molar-refractivity contribution in [1.82, 2.24) is 4.90 Å². The minimum Gasteiger partial charge on any atom is -0.293 e. The zero-order valence-corrected chi connectivity index (χ0v) is 15.9. The highest BCUT2D eigenvalue weighted by molar-refractivity contribution is 7.91. The summed E-state index contributed by atoms with van der Waals surface area (Å²) in [6, 6.07) is 17.9. The molecule has 25 heavy (non-hydrogen) atoms. The van der Waals surface area contributed by atoms with Gasteiger partial charge >= 0.3 is 0 Å². The van der Waals surface area contributed by atoms with Crippen molar-refractivity contribution >= 4 is 9.84 Å². The first-order chi connectivity index (χ1) is 12.0. The molecular weight excluding hydrogens is 330 g/mol. The fourth-order valence-corrected chi connectivity index (χ4v) is 5.34. The predicted octanol–water partition coefficient (Wildman–Crippen LogP) is 4.38. The predicted molar refractivity (Wildman–Crippen MR) is 102 cm³/mol. The normalized spacial score (nSPS) is 20.3. The summed E-state index contributed by atoms with van der Waals surface area (Å²) >= 11 is 0. The highest BCUT2D eigenvalue weighted by Gasteiger charge is 2.31. The minimum atomic E-state index is -3.27. The summed E-state index contributed by atoms with van der Waals surface area (Å²) in [7, 11) is -3.27. The molecule has 0 N–H and O–H groups in total. The number of benzene rings is 2. The summed E-state index contributed by atoms with van der Waals surface area (Å²) in [6.45, 7) is 5.12. The molecule has 0 bridgehead atoms. The number of rotatable bonds is 5. The largest absolute Gasteiger partial charge is 0.293 e. The van der Waals surface area contributed by atoms with Crippen molar-refractivity contribution < 1.29 is 8.42 Å². The maximum Gasteiger partial charge on any atom is 0.179 e. The van der Waals surface area contributed by atoms with E-state index in [2.05, 4.69) is 24.0 Å². The lowest BCUT2D eigenvalue weighted by Gasteiger charge is -2.40. The summed E-state index contributed by atoms with van der Waals surface area (Å²) in [5, 5.41) is 0. The second-order valence-corrected chi connectivity index (χ2v) is 9.10. The molecule has 0 radical (unpaired) electrons. The van der Waals surface area contributed by atoms with E-state index in [9.17, 15) is 8.42 Å². The average Bonchev–Trinajstić information content (AvgIpc) is 2.62. The minimum absolute atomic E-state index is 0.0789. The maximum absolute atomic E-state index is 12.9. The van der Waals surface area contributed by atoms with E-state index >= 15 is 0 Å². The average molecular weight is 358 g/mol. The Kier molecular flexibility index (Phi) is 5.60. The van der Waals surface area contributed by atoms with Crippen molar-refractivity contribution in [2.24, 2.45) is 0 Å². The molecule has 0 saturated carbocycles. The Morgan fingerprint density at radius 2 is 1.72 bits per heavy atom. The van der Waals surface area contributed by atoms with Crippen LogP contribution in [0.1, 0.15) is 43.4 Å². The van der Waals surface area contributed by atoms with Crippen LogP contribution in [0.4, 0.5) is 0 Å². The maximum atomic E-state index is 12.9. The molecule has 3 rings (SSSR count). The van der Waals surface area contributed by atoms with Crippen LogP contribution in [-0.2, 0) is 9.84 Å². The number of hydrogen-bond donors (Lipinski definition) is 0. The summed E-state index contributed by atoms with van der Waals surface area (Å²) in [5.74, 6) is 0.202. The Bertz CT molecular complexity index is 784. The fourth-order valence-electron chi connectivity index (χ4n) is 3.73. The lowest BCUT2D eigenvalue weighted by molar-refractivity contribution is 0.116. The van der Waals surface area contributed by atoms with Crippen molar-refractivity contribution in [3.8, 4) is 0 Å². The van der Waals surface area contributed by atoms with E-state index in [4.69, 9.17) is 0 Å². The second-order valence-electron chi connectivity index (χ2n) is 7.07. The van der Waals surface area contributed by atoms with Crippen LogP contribution in [0.2, 0.25) is 0 Å². The molecule has 1 aliphatic rings. The van der Waals surface area contributed by atoms with Crippen molar-refractivity contribution in [1.29, 1.82) is 0 Å². The number of piperidine rings is 1. The second kappa shape index (κ2) is 7.71. The number of aryl methyl sites for hydroxylation is 1. The van der Waals surface area contributed by atoms with E-state index in [0.29, 0.717) is 4.90 Å². The van der Waals surface area contributed by atoms with Crippen LogP contribution in [0, 0.1) is 6.92 Å². The van der Waals surface area contributed by atoms with Gasteiger partial charge in [-0.1, -0.05) is 54.4 Å². The van der Waals surface area contributed by atoms with Gasteiger partial charge in [-0.05, 0) is 50.9 Å². The van der Waals surface area contributed by atoms with E-state index in [1.165, 1.54) is 5.56 Å². The van der Waals surface area contributed by atoms with E-state index in [-0.39, 0.29) is 17.8 Å². The van der Waals surface area contributed by atoms with Crippen LogP contribution in [-0.4, -0.2) is 31.7 Å². The molecular formula is C21H27NO2S. The molecule has 0 amide bonds. The van der Waals surface area contributed by atoms with Crippen LogP contribution < -0.4 is 0 Å². The molecule has 4 heteroatoms. The van der Waals surface area contributed by atoms with Crippen molar-refractivity contribution in [2.75, 3.05) is 12.3 Å². The zero-order chi connectivity index (χ0) is 17.9. The number of likely N-dealkylation sites (tertiary alicyclic amines) is 1. The molecule has 134 valence electrons. The highest BCUT2D eigenvalue weighted by Crippen LogP contribution is 2.30. The third-order valence-corrected chi connectivity index (χ3v) is 7.06. The molecule has 2 aromatic rings. The molecule has 2 atom stereocenters. The van der Waals surface area contributed by atoms with Crippen LogP contribution in [0.5, 0.6) is 0 Å². The van der Waals surface area contributed by atoms with Crippen LogP contribution >= 0.6 is 0 Å². The molecule has 0 aromatic heterocycles. The highest BCUT2D eigenvalue weighted by atomic mass is 32.2. The van der Waals surface area contributed by atoms with E-state index in [1.807, 2.05) is 37.3 Å². The lowest BCUT2D eigenvalue weighted by atomic mass is 9.98. The van der Waals surface area contributed by atoms with Gasteiger partial charge in [0.15, 0.2) is 9.84 Å². The van der Waals surface area contributed by atoms with Gasteiger partial charge in [0, 0.05) is 12.1 Å². The molecule has 2 aromatic carbocycles. The van der Waals surface area contributed by atoms with Gasteiger partial charge in [0.2, 0.25) is 0 Å². The Morgan fingerprint density at radius 3 is 2.40 bits per heavy atom. The van der Waals surface area contributed by atoms with Crippen LogP contribution in [0.25, 0.3) is 0 Å². The monoisotopic (exact) mass is 357 g/mol. The van der Waals surface area contributed by atoms with Gasteiger partial charge in [-0.3, -0.25) is 4.90 Å². The van der Waals surface area contributed by atoms with Crippen molar-refractivity contribution in [3.63, 3.8) is 0 Å². The first-order valence-corrected chi connectivity index (χ1v) is 10.7. The van der Waals surface area contributed by atoms with Gasteiger partial charge in [0.25, 0.3) is 0 Å². The Labute approximate surface area is 151 Å². The number of sulfone groups is 1. The Balaban J connectivity index is 1.80. The third-order valence-electron chi connectivity index (χ3n) is 5.24. The summed E-state index contributed by atoms with van der Waals surface area (Å²) in [5.41, 5.74) is 2.33. The first-order valence-electron chi connectivity index (χ1n) is 9.07. The summed E-state index contributed by atoms with van der Waals surface area (Å²) in [4.78, 5) is 2.82. The first kappa shape index (κ1) is 18.2. The Morgan fingerprint density at radius 1 is 1.04 bits per heavy atom.